The highest BCUT2D eigenvalue weighted by Gasteiger charge is 2.34. The normalized spacial score (nSPS) is 11.8. The maximum absolute atomic E-state index is 13.4. The van der Waals surface area contributed by atoms with E-state index in [4.69, 9.17) is 9.84 Å². The van der Waals surface area contributed by atoms with Gasteiger partial charge in [-0.25, -0.2) is 8.42 Å². The first-order valence-corrected chi connectivity index (χ1v) is 10.7. The van der Waals surface area contributed by atoms with Crippen molar-refractivity contribution in [3.63, 3.8) is 0 Å². The van der Waals surface area contributed by atoms with E-state index in [0.717, 1.165) is 12.1 Å². The maximum Gasteiger partial charge on any atom is 0.416 e. The number of nitrogens with zero attached hydrogens (tertiary/aromatic N) is 1. The zero-order valence-corrected chi connectivity index (χ0v) is 17.8. The number of hydrogen-bond acceptors (Lipinski definition) is 5. The molecular formula is C20H23F3N2O5S. The second-order valence-corrected chi connectivity index (χ2v) is 8.47. The molecular weight excluding hydrogens is 437 g/mol. The summed E-state index contributed by atoms with van der Waals surface area (Å²) in [6, 6.07) is 8.08. The molecule has 31 heavy (non-hydrogen) atoms. The van der Waals surface area contributed by atoms with Crippen LogP contribution >= 0.6 is 0 Å². The summed E-state index contributed by atoms with van der Waals surface area (Å²) in [5.41, 5.74) is -0.798. The number of alkyl halides is 3. The van der Waals surface area contributed by atoms with Gasteiger partial charge in [-0.05, 0) is 49.2 Å². The molecule has 0 heterocycles. The number of rotatable bonds is 9. The molecule has 2 aromatic rings. The third kappa shape index (κ3) is 6.11. The Hall–Kier alpha value is -2.79. The fourth-order valence-corrected chi connectivity index (χ4v) is 4.41. The topological polar surface area (TPSA) is 95.9 Å². The Labute approximate surface area is 178 Å². The van der Waals surface area contributed by atoms with Crippen LogP contribution in [0.3, 0.4) is 0 Å². The lowest BCUT2D eigenvalue weighted by atomic mass is 10.2. The van der Waals surface area contributed by atoms with Gasteiger partial charge < -0.3 is 15.2 Å². The van der Waals surface area contributed by atoms with Crippen LogP contribution in [0.1, 0.15) is 17.5 Å². The number of ether oxygens (including phenoxy) is 1. The molecule has 7 nitrogen and oxygen atoms in total. The van der Waals surface area contributed by atoms with E-state index in [1.807, 2.05) is 0 Å². The first-order valence-electron chi connectivity index (χ1n) is 9.23. The van der Waals surface area contributed by atoms with Gasteiger partial charge in [0.2, 0.25) is 5.91 Å². The monoisotopic (exact) mass is 460 g/mol. The Kier molecular flexibility index (Phi) is 7.91. The van der Waals surface area contributed by atoms with Crippen LogP contribution in [0.15, 0.2) is 47.4 Å². The molecule has 11 heteroatoms. The smallest absolute Gasteiger partial charge is 0.416 e. The SMILES string of the molecule is COc1ccc(C)cc1S(=O)(=O)N(CC(=O)NCCCO)c1cccc(C(F)(F)F)c1. The molecule has 0 aromatic heterocycles. The van der Waals surface area contributed by atoms with Gasteiger partial charge in [0.15, 0.2) is 0 Å². The lowest BCUT2D eigenvalue weighted by molar-refractivity contribution is -0.137. The first kappa shape index (κ1) is 24.5. The van der Waals surface area contributed by atoms with E-state index in [1.54, 1.807) is 13.0 Å². The second-order valence-electron chi connectivity index (χ2n) is 6.64. The number of methoxy groups -OCH3 is 1. The van der Waals surface area contributed by atoms with Crippen molar-refractivity contribution < 1.29 is 36.2 Å². The number of amides is 1. The highest BCUT2D eigenvalue weighted by atomic mass is 32.2. The molecule has 0 aliphatic heterocycles. The van der Waals surface area contributed by atoms with E-state index >= 15 is 0 Å². The maximum atomic E-state index is 13.4. The summed E-state index contributed by atoms with van der Waals surface area (Å²) in [6.45, 7) is 0.789. The number of halogens is 3. The second kappa shape index (κ2) is 10.0. The van der Waals surface area contributed by atoms with Crippen LogP contribution < -0.4 is 14.4 Å². The Bertz CT molecular complexity index is 1030. The molecule has 2 rings (SSSR count). The van der Waals surface area contributed by atoms with Crippen molar-refractivity contribution in [3.05, 3.63) is 53.6 Å². The molecule has 0 aliphatic carbocycles. The van der Waals surface area contributed by atoms with E-state index in [0.29, 0.717) is 15.9 Å². The number of sulfonamides is 1. The summed E-state index contributed by atoms with van der Waals surface area (Å²) < 4.78 is 72.2. The van der Waals surface area contributed by atoms with Crippen LogP contribution in [0, 0.1) is 6.92 Å². The molecule has 1 amide bonds. The molecule has 2 aromatic carbocycles. The number of hydrogen-bond donors (Lipinski definition) is 2. The molecule has 0 bridgehead atoms. The molecule has 2 N–H and O–H groups in total. The third-order valence-electron chi connectivity index (χ3n) is 4.29. The predicted molar refractivity (Wildman–Crippen MR) is 108 cm³/mol. The van der Waals surface area contributed by atoms with Gasteiger partial charge in [-0.3, -0.25) is 9.10 Å². The average molecular weight is 460 g/mol. The Balaban J connectivity index is 2.57. The summed E-state index contributed by atoms with van der Waals surface area (Å²) in [4.78, 5) is 12.0. The Morgan fingerprint density at radius 3 is 2.52 bits per heavy atom. The third-order valence-corrected chi connectivity index (χ3v) is 6.09. The van der Waals surface area contributed by atoms with Crippen molar-refractivity contribution in [2.45, 2.75) is 24.4 Å². The number of anilines is 1. The predicted octanol–water partition coefficient (Wildman–Crippen LogP) is 2.72. The summed E-state index contributed by atoms with van der Waals surface area (Å²) >= 11 is 0. The molecule has 0 saturated heterocycles. The zero-order valence-electron chi connectivity index (χ0n) is 16.9. The van der Waals surface area contributed by atoms with Gasteiger partial charge in [-0.1, -0.05) is 12.1 Å². The standard InChI is InChI=1S/C20H23F3N2O5S/c1-14-7-8-17(30-2)18(11-14)31(28,29)25(13-19(27)24-9-4-10-26)16-6-3-5-15(12-16)20(21,22)23/h3,5-8,11-12,26H,4,9-10,13H2,1-2H3,(H,24,27). The van der Waals surface area contributed by atoms with Crippen molar-refractivity contribution in [1.82, 2.24) is 5.32 Å². The molecule has 0 fully saturated rings. The van der Waals surface area contributed by atoms with Gasteiger partial charge in [0.25, 0.3) is 10.0 Å². The molecule has 0 unspecified atom stereocenters. The van der Waals surface area contributed by atoms with Gasteiger partial charge in [0.1, 0.15) is 17.2 Å². The lowest BCUT2D eigenvalue weighted by Gasteiger charge is -2.25. The van der Waals surface area contributed by atoms with Crippen LogP contribution in [0.5, 0.6) is 5.75 Å². The average Bonchev–Trinajstić information content (AvgIpc) is 2.71. The number of carbonyl (C=O) groups excluding carboxylic acids is 1. The molecule has 0 spiro atoms. The summed E-state index contributed by atoms with van der Waals surface area (Å²) in [5, 5.41) is 11.3. The van der Waals surface area contributed by atoms with Crippen molar-refractivity contribution in [2.24, 2.45) is 0 Å². The minimum atomic E-state index is -4.70. The molecule has 0 radical (unpaired) electrons. The van der Waals surface area contributed by atoms with E-state index in [2.05, 4.69) is 5.32 Å². The summed E-state index contributed by atoms with van der Waals surface area (Å²) in [7, 11) is -3.21. The zero-order chi connectivity index (χ0) is 23.2. The summed E-state index contributed by atoms with van der Waals surface area (Å²) in [6.07, 6.45) is -4.45. The Morgan fingerprint density at radius 1 is 1.19 bits per heavy atom. The minimum Gasteiger partial charge on any atom is -0.495 e. The highest BCUT2D eigenvalue weighted by molar-refractivity contribution is 7.93. The van der Waals surface area contributed by atoms with Crippen LogP contribution in [-0.2, 0) is 21.0 Å². The van der Waals surface area contributed by atoms with Gasteiger partial charge in [0.05, 0.1) is 18.4 Å². The quantitative estimate of drug-likeness (QED) is 0.561. The van der Waals surface area contributed by atoms with Crippen LogP contribution in [0.4, 0.5) is 18.9 Å². The summed E-state index contributed by atoms with van der Waals surface area (Å²) in [5.74, 6) is -0.746. The fraction of sp³-hybridized carbons (Fsp3) is 0.350. The van der Waals surface area contributed by atoms with Crippen LogP contribution in [0.2, 0.25) is 0 Å². The number of benzene rings is 2. The van der Waals surface area contributed by atoms with E-state index in [9.17, 15) is 26.4 Å². The number of aryl methyl sites for hydroxylation is 1. The van der Waals surface area contributed by atoms with Crippen molar-refractivity contribution in [1.29, 1.82) is 0 Å². The number of nitrogens with one attached hydrogen (secondary N) is 1. The van der Waals surface area contributed by atoms with Gasteiger partial charge in [0, 0.05) is 13.2 Å². The van der Waals surface area contributed by atoms with Crippen molar-refractivity contribution in [2.75, 3.05) is 31.1 Å². The van der Waals surface area contributed by atoms with E-state index < -0.39 is 34.2 Å². The minimum absolute atomic E-state index is 0.0109. The first-order chi connectivity index (χ1) is 14.5. The molecule has 0 aliphatic rings. The largest absolute Gasteiger partial charge is 0.495 e. The lowest BCUT2D eigenvalue weighted by Crippen LogP contribution is -2.41. The van der Waals surface area contributed by atoms with E-state index in [1.165, 1.54) is 25.3 Å². The van der Waals surface area contributed by atoms with Gasteiger partial charge >= 0.3 is 6.18 Å². The molecule has 0 atom stereocenters. The Morgan fingerprint density at radius 2 is 1.90 bits per heavy atom. The molecule has 0 saturated carbocycles. The van der Waals surface area contributed by atoms with Gasteiger partial charge in [-0.2, -0.15) is 13.2 Å². The number of aliphatic hydroxyl groups excluding tert-OH is 1. The highest BCUT2D eigenvalue weighted by Crippen LogP contribution is 2.35. The van der Waals surface area contributed by atoms with Crippen molar-refractivity contribution in [3.8, 4) is 5.75 Å². The van der Waals surface area contributed by atoms with Crippen LogP contribution in [0.25, 0.3) is 0 Å². The fourth-order valence-electron chi connectivity index (χ4n) is 2.75. The van der Waals surface area contributed by atoms with Crippen molar-refractivity contribution >= 4 is 21.6 Å². The van der Waals surface area contributed by atoms with Crippen LogP contribution in [-0.4, -0.2) is 46.2 Å². The number of aliphatic hydroxyl groups is 1. The van der Waals surface area contributed by atoms with Gasteiger partial charge in [-0.15, -0.1) is 0 Å². The van der Waals surface area contributed by atoms with E-state index in [-0.39, 0.29) is 35.9 Å². The number of carbonyl (C=O) groups is 1. The molecule has 170 valence electrons.